The molecule has 0 amide bonds. The second kappa shape index (κ2) is 8.18. The Morgan fingerprint density at radius 1 is 0.590 bits per heavy atom. The highest BCUT2D eigenvalue weighted by atomic mass is 19.3. The number of allylic oxidation sites excluding steroid dienone is 2. The molecule has 2 aromatic carbocycles. The lowest BCUT2D eigenvalue weighted by Gasteiger charge is -2.44. The minimum Gasteiger partial charge on any atom is -0.440 e. The highest BCUT2D eigenvalue weighted by Gasteiger charge is 2.86. The first-order chi connectivity index (χ1) is 18.5. The molecule has 2 aliphatic carbocycles. The number of aliphatic imine (C=N–C) groups is 2. The molecule has 0 spiro atoms. The molecule has 0 saturated heterocycles. The van der Waals surface area contributed by atoms with Crippen molar-refractivity contribution in [1.82, 2.24) is 0 Å². The molecule has 12 heteroatoms. The fourth-order valence-corrected chi connectivity index (χ4v) is 5.75. The summed E-state index contributed by atoms with van der Waals surface area (Å²) in [5.74, 6) is -19.3. The molecular weight excluding hydrogens is 530 g/mol. The lowest BCUT2D eigenvalue weighted by Crippen LogP contribution is -2.56. The maximum absolute atomic E-state index is 15.5. The molecule has 1 fully saturated rings. The summed E-state index contributed by atoms with van der Waals surface area (Å²) in [5, 5.41) is 20.2. The molecule has 0 aromatic heterocycles. The third-order valence-corrected chi connectivity index (χ3v) is 7.53. The summed E-state index contributed by atoms with van der Waals surface area (Å²) < 4.78 is 103. The molecule has 204 valence electrons. The monoisotopic (exact) mass is 550 g/mol. The van der Waals surface area contributed by atoms with E-state index in [-0.39, 0.29) is 22.9 Å². The van der Waals surface area contributed by atoms with Crippen LogP contribution >= 0.6 is 0 Å². The van der Waals surface area contributed by atoms with Crippen LogP contribution in [0.3, 0.4) is 0 Å². The number of alkyl halides is 6. The van der Waals surface area contributed by atoms with Crippen LogP contribution < -0.4 is 0 Å². The summed E-state index contributed by atoms with van der Waals surface area (Å²) >= 11 is 0. The van der Waals surface area contributed by atoms with Gasteiger partial charge in [-0.25, -0.2) is 9.98 Å². The van der Waals surface area contributed by atoms with Crippen LogP contribution in [0.5, 0.6) is 0 Å². The van der Waals surface area contributed by atoms with Crippen LogP contribution in [0.15, 0.2) is 93.3 Å². The van der Waals surface area contributed by atoms with E-state index >= 15 is 17.6 Å². The molecule has 2 heterocycles. The van der Waals surface area contributed by atoms with Gasteiger partial charge in [-0.05, 0) is 24.3 Å². The van der Waals surface area contributed by atoms with Gasteiger partial charge in [0.25, 0.3) is 0 Å². The van der Waals surface area contributed by atoms with E-state index < -0.39 is 77.6 Å². The average molecular weight is 550 g/mol. The molecule has 6 rings (SSSR count). The molecule has 39 heavy (non-hydrogen) atoms. The number of rotatable bonds is 6. The molecule has 1 saturated carbocycles. The number of hydrogen-bond donors (Lipinski definition) is 2. The summed E-state index contributed by atoms with van der Waals surface area (Å²) in [6, 6.07) is 15.6. The van der Waals surface area contributed by atoms with Gasteiger partial charge in [-0.1, -0.05) is 36.4 Å². The molecule has 2 aliphatic heterocycles. The predicted molar refractivity (Wildman–Crippen MR) is 126 cm³/mol. The van der Waals surface area contributed by atoms with Gasteiger partial charge in [0.15, 0.2) is 11.1 Å². The van der Waals surface area contributed by atoms with Gasteiger partial charge >= 0.3 is 17.8 Å². The van der Waals surface area contributed by atoms with E-state index in [1.807, 2.05) is 0 Å². The van der Waals surface area contributed by atoms with Gasteiger partial charge in [0, 0.05) is 37.2 Å². The van der Waals surface area contributed by atoms with Crippen LogP contribution in [0.25, 0.3) is 0 Å². The van der Waals surface area contributed by atoms with Crippen molar-refractivity contribution in [2.45, 2.75) is 41.7 Å². The standard InChI is InChI=1S/C27H20F6N2O4/c28-25(29)17-18(26(30,31)27(25,32)33)20-24(12-14-37,35-22(39-20)16-9-5-2-6-10-16)23(11-13-36)19(17)38-21(34-23)15-7-3-1-4-8-15/h1-10,36-37H,11-14H2. The number of hydrogen-bond acceptors (Lipinski definition) is 6. The minimum atomic E-state index is -5.86. The number of ether oxygens (including phenoxy) is 2. The summed E-state index contributed by atoms with van der Waals surface area (Å²) in [7, 11) is 0. The van der Waals surface area contributed by atoms with Gasteiger partial charge in [0.05, 0.1) is 11.1 Å². The van der Waals surface area contributed by atoms with Crippen LogP contribution in [-0.2, 0) is 9.47 Å². The molecule has 2 atom stereocenters. The fraction of sp³-hybridized carbons (Fsp3) is 0.333. The first-order valence-electron chi connectivity index (χ1n) is 12.0. The van der Waals surface area contributed by atoms with Crippen LogP contribution in [0.1, 0.15) is 24.0 Å². The largest absolute Gasteiger partial charge is 0.440 e. The Kier molecular flexibility index (Phi) is 5.38. The number of aliphatic hydroxyl groups is 2. The Bertz CT molecular complexity index is 1360. The zero-order chi connectivity index (χ0) is 27.8. The number of halogens is 6. The molecule has 6 nitrogen and oxygen atoms in total. The van der Waals surface area contributed by atoms with Crippen molar-refractivity contribution in [3.8, 4) is 0 Å². The molecule has 2 N–H and O–H groups in total. The second-order valence-corrected chi connectivity index (χ2v) is 9.57. The van der Waals surface area contributed by atoms with Crippen molar-refractivity contribution >= 4 is 11.8 Å². The Hall–Kier alpha value is -3.64. The third-order valence-electron chi connectivity index (χ3n) is 7.53. The zero-order valence-corrected chi connectivity index (χ0v) is 20.0. The molecular formula is C27H20F6N2O4. The lowest BCUT2D eigenvalue weighted by molar-refractivity contribution is -0.258. The lowest BCUT2D eigenvalue weighted by atomic mass is 9.65. The van der Waals surface area contributed by atoms with E-state index in [9.17, 15) is 19.0 Å². The number of fused-ring (bicyclic) bond motifs is 4. The normalized spacial score (nSPS) is 29.2. The van der Waals surface area contributed by atoms with Crippen LogP contribution in [0.2, 0.25) is 0 Å². The second-order valence-electron chi connectivity index (χ2n) is 9.57. The van der Waals surface area contributed by atoms with Crippen molar-refractivity contribution in [2.75, 3.05) is 13.2 Å². The Balaban J connectivity index is 1.74. The van der Waals surface area contributed by atoms with Crippen molar-refractivity contribution in [3.05, 3.63) is 94.5 Å². The summed E-state index contributed by atoms with van der Waals surface area (Å²) in [4.78, 5) is 9.01. The van der Waals surface area contributed by atoms with Crippen LogP contribution in [0.4, 0.5) is 26.3 Å². The topological polar surface area (TPSA) is 83.6 Å². The maximum Gasteiger partial charge on any atom is 0.380 e. The summed E-state index contributed by atoms with van der Waals surface area (Å²) in [6.45, 7) is -1.48. The van der Waals surface area contributed by atoms with Crippen LogP contribution in [0, 0.1) is 0 Å². The number of benzene rings is 2. The molecule has 4 aliphatic rings. The summed E-state index contributed by atoms with van der Waals surface area (Å²) in [6.07, 6.45) is -1.08. The van der Waals surface area contributed by atoms with Crippen molar-refractivity contribution in [2.24, 2.45) is 9.98 Å². The van der Waals surface area contributed by atoms with Gasteiger partial charge < -0.3 is 19.7 Å². The molecule has 0 radical (unpaired) electrons. The Morgan fingerprint density at radius 3 is 1.28 bits per heavy atom. The van der Waals surface area contributed by atoms with E-state index in [0.29, 0.717) is 0 Å². The first-order valence-corrected chi connectivity index (χ1v) is 12.0. The minimum absolute atomic E-state index is 0.241. The van der Waals surface area contributed by atoms with E-state index in [0.717, 1.165) is 0 Å². The van der Waals surface area contributed by atoms with Crippen molar-refractivity contribution < 1.29 is 46.0 Å². The third kappa shape index (κ3) is 3.01. The van der Waals surface area contributed by atoms with Crippen molar-refractivity contribution in [3.63, 3.8) is 0 Å². The number of nitrogens with zero attached hydrogens (tertiary/aromatic N) is 2. The van der Waals surface area contributed by atoms with Gasteiger partial charge in [-0.2, -0.15) is 26.3 Å². The average Bonchev–Trinajstić information content (AvgIpc) is 3.52. The van der Waals surface area contributed by atoms with E-state index in [1.165, 1.54) is 24.3 Å². The van der Waals surface area contributed by atoms with Crippen molar-refractivity contribution in [1.29, 1.82) is 0 Å². The smallest absolute Gasteiger partial charge is 0.380 e. The van der Waals surface area contributed by atoms with Crippen LogP contribution in [-0.4, -0.2) is 64.1 Å². The maximum atomic E-state index is 15.5. The molecule has 0 bridgehead atoms. The fourth-order valence-electron chi connectivity index (χ4n) is 5.75. The first kappa shape index (κ1) is 25.6. The molecule has 2 unspecified atom stereocenters. The molecule has 2 aromatic rings. The van der Waals surface area contributed by atoms with Gasteiger partial charge in [0.1, 0.15) is 11.5 Å². The van der Waals surface area contributed by atoms with Gasteiger partial charge in [-0.3, -0.25) is 0 Å². The zero-order valence-electron chi connectivity index (χ0n) is 20.0. The van der Waals surface area contributed by atoms with E-state index in [4.69, 9.17) is 9.47 Å². The van der Waals surface area contributed by atoms with Gasteiger partial charge in [-0.15, -0.1) is 0 Å². The summed E-state index contributed by atoms with van der Waals surface area (Å²) in [5.41, 5.74) is -7.47. The van der Waals surface area contributed by atoms with Gasteiger partial charge in [0.2, 0.25) is 11.8 Å². The Labute approximate surface area is 217 Å². The highest BCUT2D eigenvalue weighted by molar-refractivity contribution is 6.00. The highest BCUT2D eigenvalue weighted by Crippen LogP contribution is 2.70. The SMILES string of the molecule is OCCC12N=C(c3ccccc3)OC1=C1C(=C3OC(c4ccccc4)=NC32CCO)C(F)(F)C(F)(F)C1(F)F. The van der Waals surface area contributed by atoms with E-state index in [1.54, 1.807) is 36.4 Å². The Morgan fingerprint density at radius 2 is 0.949 bits per heavy atom. The number of aliphatic hydroxyl groups excluding tert-OH is 2. The quantitative estimate of drug-likeness (QED) is 0.515. The van der Waals surface area contributed by atoms with E-state index in [2.05, 4.69) is 9.98 Å². The predicted octanol–water partition coefficient (Wildman–Crippen LogP) is 4.62.